The predicted molar refractivity (Wildman–Crippen MR) is 94.6 cm³/mol. The molecule has 1 aliphatic heterocycles. The van der Waals surface area contributed by atoms with E-state index in [9.17, 15) is 19.7 Å². The smallest absolute Gasteiger partial charge is 0.271 e. The molecule has 1 N–H and O–H groups in total. The number of carbonyl (C=O) groups is 2. The third-order valence-electron chi connectivity index (χ3n) is 3.98. The van der Waals surface area contributed by atoms with Crippen molar-refractivity contribution in [2.45, 2.75) is 13.8 Å². The lowest BCUT2D eigenvalue weighted by Gasteiger charge is -2.35. The normalized spacial score (nSPS) is 15.3. The SMILES string of the molecule is CC(C)C(=O)N1CCN(CC(=O)Nc2ccc([N+](=O)[O-])cc2Cl)CC1. The minimum Gasteiger partial charge on any atom is -0.340 e. The number of non-ortho nitro benzene ring substituents is 1. The van der Waals surface area contributed by atoms with Gasteiger partial charge in [0, 0.05) is 44.2 Å². The van der Waals surface area contributed by atoms with E-state index in [0.717, 1.165) is 0 Å². The first kappa shape index (κ1) is 19.1. The molecule has 1 fully saturated rings. The number of hydrogen-bond donors (Lipinski definition) is 1. The van der Waals surface area contributed by atoms with Crippen LogP contribution in [0.15, 0.2) is 18.2 Å². The topological polar surface area (TPSA) is 95.8 Å². The Bertz CT molecular complexity index is 672. The first-order valence-electron chi connectivity index (χ1n) is 8.03. The Morgan fingerprint density at radius 1 is 1.28 bits per heavy atom. The fourth-order valence-corrected chi connectivity index (χ4v) is 2.83. The number of nitrogens with one attached hydrogen (secondary N) is 1. The molecular formula is C16H21ClN4O4. The van der Waals surface area contributed by atoms with Crippen LogP contribution in [-0.2, 0) is 9.59 Å². The van der Waals surface area contributed by atoms with Crippen LogP contribution in [0.5, 0.6) is 0 Å². The van der Waals surface area contributed by atoms with Crippen LogP contribution >= 0.6 is 11.6 Å². The summed E-state index contributed by atoms with van der Waals surface area (Å²) in [5.41, 5.74) is 0.208. The van der Waals surface area contributed by atoms with Crippen molar-refractivity contribution in [1.82, 2.24) is 9.80 Å². The highest BCUT2D eigenvalue weighted by Gasteiger charge is 2.24. The van der Waals surface area contributed by atoms with E-state index < -0.39 is 4.92 Å². The summed E-state index contributed by atoms with van der Waals surface area (Å²) in [7, 11) is 0. The molecule has 0 aliphatic carbocycles. The third-order valence-corrected chi connectivity index (χ3v) is 4.30. The number of amides is 2. The van der Waals surface area contributed by atoms with Gasteiger partial charge in [0.15, 0.2) is 0 Å². The van der Waals surface area contributed by atoms with Crippen molar-refractivity contribution >= 4 is 34.8 Å². The second-order valence-electron chi connectivity index (χ2n) is 6.23. The van der Waals surface area contributed by atoms with Crippen LogP contribution in [0, 0.1) is 16.0 Å². The van der Waals surface area contributed by atoms with Crippen LogP contribution in [0.3, 0.4) is 0 Å². The Balaban J connectivity index is 1.85. The molecule has 0 spiro atoms. The zero-order valence-corrected chi connectivity index (χ0v) is 15.0. The van der Waals surface area contributed by atoms with Gasteiger partial charge in [0.05, 0.1) is 22.2 Å². The molecule has 0 radical (unpaired) electrons. The van der Waals surface area contributed by atoms with E-state index in [1.807, 2.05) is 23.6 Å². The molecular weight excluding hydrogens is 348 g/mol. The third kappa shape index (κ3) is 5.14. The molecule has 25 heavy (non-hydrogen) atoms. The van der Waals surface area contributed by atoms with Crippen molar-refractivity contribution in [3.63, 3.8) is 0 Å². The van der Waals surface area contributed by atoms with E-state index in [1.165, 1.54) is 18.2 Å². The van der Waals surface area contributed by atoms with Crippen molar-refractivity contribution in [3.8, 4) is 0 Å². The van der Waals surface area contributed by atoms with Crippen LogP contribution in [-0.4, -0.2) is 59.3 Å². The summed E-state index contributed by atoms with van der Waals surface area (Å²) in [5, 5.41) is 13.5. The van der Waals surface area contributed by atoms with E-state index in [2.05, 4.69) is 5.32 Å². The van der Waals surface area contributed by atoms with Gasteiger partial charge in [-0.25, -0.2) is 0 Å². The molecule has 8 nitrogen and oxygen atoms in total. The van der Waals surface area contributed by atoms with Gasteiger partial charge < -0.3 is 10.2 Å². The number of rotatable bonds is 5. The number of piperazine rings is 1. The Hall–Kier alpha value is -2.19. The molecule has 1 heterocycles. The van der Waals surface area contributed by atoms with Crippen LogP contribution in [0.1, 0.15) is 13.8 Å². The Morgan fingerprint density at radius 2 is 1.92 bits per heavy atom. The highest BCUT2D eigenvalue weighted by Crippen LogP contribution is 2.26. The molecule has 136 valence electrons. The maximum Gasteiger partial charge on any atom is 0.271 e. The molecule has 0 aromatic heterocycles. The molecule has 2 amide bonds. The number of carbonyl (C=O) groups excluding carboxylic acids is 2. The first-order chi connectivity index (χ1) is 11.8. The summed E-state index contributed by atoms with van der Waals surface area (Å²) in [6.07, 6.45) is 0. The first-order valence-corrected chi connectivity index (χ1v) is 8.40. The number of benzene rings is 1. The van der Waals surface area contributed by atoms with Crippen molar-refractivity contribution in [2.24, 2.45) is 5.92 Å². The maximum absolute atomic E-state index is 12.1. The quantitative estimate of drug-likeness (QED) is 0.633. The number of nitro benzene ring substituents is 1. The average molecular weight is 369 g/mol. The van der Waals surface area contributed by atoms with Gasteiger partial charge in [-0.15, -0.1) is 0 Å². The zero-order chi connectivity index (χ0) is 18.6. The predicted octanol–water partition coefficient (Wildman–Crippen LogP) is 1.99. The molecule has 9 heteroatoms. The zero-order valence-electron chi connectivity index (χ0n) is 14.2. The van der Waals surface area contributed by atoms with Gasteiger partial charge in [-0.2, -0.15) is 0 Å². The molecule has 0 bridgehead atoms. The minimum atomic E-state index is -0.546. The lowest BCUT2D eigenvalue weighted by Crippen LogP contribution is -2.51. The summed E-state index contributed by atoms with van der Waals surface area (Å²) in [6.45, 7) is 6.37. The Labute approximate surface area is 150 Å². The second kappa shape index (κ2) is 8.26. The van der Waals surface area contributed by atoms with E-state index in [1.54, 1.807) is 0 Å². The highest BCUT2D eigenvalue weighted by atomic mass is 35.5. The molecule has 1 aromatic carbocycles. The second-order valence-corrected chi connectivity index (χ2v) is 6.63. The number of anilines is 1. The number of nitro groups is 1. The maximum atomic E-state index is 12.1. The van der Waals surface area contributed by atoms with E-state index in [-0.39, 0.29) is 35.0 Å². The minimum absolute atomic E-state index is 0.0286. The van der Waals surface area contributed by atoms with E-state index >= 15 is 0 Å². The molecule has 2 rings (SSSR count). The summed E-state index contributed by atoms with van der Waals surface area (Å²) in [6, 6.07) is 3.91. The summed E-state index contributed by atoms with van der Waals surface area (Å²) >= 11 is 5.97. The van der Waals surface area contributed by atoms with E-state index in [4.69, 9.17) is 11.6 Å². The van der Waals surface area contributed by atoms with Crippen molar-refractivity contribution in [2.75, 3.05) is 38.0 Å². The summed E-state index contributed by atoms with van der Waals surface area (Å²) in [5.74, 6) is -0.153. The van der Waals surface area contributed by atoms with Crippen molar-refractivity contribution in [3.05, 3.63) is 33.3 Å². The van der Waals surface area contributed by atoms with Gasteiger partial charge in [0.1, 0.15) is 0 Å². The molecule has 1 saturated heterocycles. The van der Waals surface area contributed by atoms with Gasteiger partial charge in [0.25, 0.3) is 5.69 Å². The molecule has 1 aliphatic rings. The highest BCUT2D eigenvalue weighted by molar-refractivity contribution is 6.34. The molecule has 1 aromatic rings. The standard InChI is InChI=1S/C16H21ClN4O4/c1-11(2)16(23)20-7-5-19(6-8-20)10-15(22)18-14-4-3-12(21(24)25)9-13(14)17/h3-4,9,11H,5-8,10H2,1-2H3,(H,18,22). The molecule has 0 atom stereocenters. The Morgan fingerprint density at radius 3 is 2.44 bits per heavy atom. The van der Waals surface area contributed by atoms with Crippen LogP contribution in [0.2, 0.25) is 5.02 Å². The molecule has 0 saturated carbocycles. The number of hydrogen-bond acceptors (Lipinski definition) is 5. The lowest BCUT2D eigenvalue weighted by atomic mass is 10.1. The van der Waals surface area contributed by atoms with E-state index in [0.29, 0.717) is 31.9 Å². The van der Waals surface area contributed by atoms with Gasteiger partial charge in [-0.05, 0) is 6.07 Å². The number of halogens is 1. The Kier molecular flexibility index (Phi) is 6.33. The van der Waals surface area contributed by atoms with Gasteiger partial charge >= 0.3 is 0 Å². The van der Waals surface area contributed by atoms with Crippen LogP contribution in [0.4, 0.5) is 11.4 Å². The average Bonchev–Trinajstić information content (AvgIpc) is 2.56. The van der Waals surface area contributed by atoms with Crippen LogP contribution < -0.4 is 5.32 Å². The van der Waals surface area contributed by atoms with Gasteiger partial charge in [0.2, 0.25) is 11.8 Å². The monoisotopic (exact) mass is 368 g/mol. The molecule has 0 unspecified atom stereocenters. The fraction of sp³-hybridized carbons (Fsp3) is 0.500. The number of nitrogens with zero attached hydrogens (tertiary/aromatic N) is 3. The van der Waals surface area contributed by atoms with Gasteiger partial charge in [-0.1, -0.05) is 25.4 Å². The largest absolute Gasteiger partial charge is 0.340 e. The summed E-state index contributed by atoms with van der Waals surface area (Å²) < 4.78 is 0. The summed E-state index contributed by atoms with van der Waals surface area (Å²) in [4.78, 5) is 38.0. The lowest BCUT2D eigenvalue weighted by molar-refractivity contribution is -0.384. The van der Waals surface area contributed by atoms with Crippen molar-refractivity contribution < 1.29 is 14.5 Å². The van der Waals surface area contributed by atoms with Gasteiger partial charge in [-0.3, -0.25) is 24.6 Å². The fourth-order valence-electron chi connectivity index (χ4n) is 2.60. The van der Waals surface area contributed by atoms with Crippen LogP contribution in [0.25, 0.3) is 0 Å². The van der Waals surface area contributed by atoms with Crippen molar-refractivity contribution in [1.29, 1.82) is 0 Å².